The Morgan fingerprint density at radius 1 is 1.24 bits per heavy atom. The highest BCUT2D eigenvalue weighted by atomic mass is 16.5. The molecule has 114 valence electrons. The smallest absolute Gasteiger partial charge is 0.130 e. The molecule has 0 aliphatic heterocycles. The minimum atomic E-state index is 0.492. The maximum absolute atomic E-state index is 5.99. The molecule has 4 heteroatoms. The lowest BCUT2D eigenvalue weighted by atomic mass is 10.1. The predicted octanol–water partition coefficient (Wildman–Crippen LogP) is 3.11. The number of ether oxygens (including phenoxy) is 1. The highest BCUT2D eigenvalue weighted by molar-refractivity contribution is 5.43. The maximum atomic E-state index is 5.99. The van der Waals surface area contributed by atoms with Gasteiger partial charge in [0, 0.05) is 19.6 Å². The lowest BCUT2D eigenvalue weighted by Gasteiger charge is -2.15. The van der Waals surface area contributed by atoms with Gasteiger partial charge in [-0.05, 0) is 30.5 Å². The average molecular weight is 287 g/mol. The molecular formula is C17H25N3O. The molecule has 0 atom stereocenters. The lowest BCUT2D eigenvalue weighted by molar-refractivity contribution is 0.293. The Morgan fingerprint density at radius 2 is 1.90 bits per heavy atom. The SMILES string of the molecule is Cc1cc(CNC(C)C)cc(C)c1OCc1cncn1C. The Morgan fingerprint density at radius 3 is 2.43 bits per heavy atom. The first-order chi connectivity index (χ1) is 9.97. The van der Waals surface area contributed by atoms with Crippen molar-refractivity contribution in [3.63, 3.8) is 0 Å². The van der Waals surface area contributed by atoms with E-state index < -0.39 is 0 Å². The van der Waals surface area contributed by atoms with Crippen molar-refractivity contribution in [1.29, 1.82) is 0 Å². The van der Waals surface area contributed by atoms with E-state index in [2.05, 4.69) is 50.1 Å². The third-order valence-corrected chi connectivity index (χ3v) is 3.52. The standard InChI is InChI=1S/C17H25N3O/c1-12(2)19-8-15-6-13(3)17(14(4)7-15)21-10-16-9-18-11-20(16)5/h6-7,9,11-12,19H,8,10H2,1-5H3. The van der Waals surface area contributed by atoms with E-state index in [0.717, 1.165) is 18.0 Å². The van der Waals surface area contributed by atoms with Gasteiger partial charge in [-0.1, -0.05) is 26.0 Å². The lowest BCUT2D eigenvalue weighted by Crippen LogP contribution is -2.21. The van der Waals surface area contributed by atoms with Gasteiger partial charge < -0.3 is 14.6 Å². The van der Waals surface area contributed by atoms with E-state index in [1.807, 2.05) is 17.8 Å². The molecule has 0 saturated carbocycles. The minimum absolute atomic E-state index is 0.492. The number of aromatic nitrogens is 2. The Hall–Kier alpha value is -1.81. The van der Waals surface area contributed by atoms with Gasteiger partial charge in [0.15, 0.2) is 0 Å². The third kappa shape index (κ3) is 4.08. The monoisotopic (exact) mass is 287 g/mol. The van der Waals surface area contributed by atoms with Crippen LogP contribution in [0, 0.1) is 13.8 Å². The highest BCUT2D eigenvalue weighted by Crippen LogP contribution is 2.25. The van der Waals surface area contributed by atoms with Crippen LogP contribution in [0.5, 0.6) is 5.75 Å². The second-order valence-electron chi connectivity index (χ2n) is 5.88. The number of benzene rings is 1. The molecule has 0 bridgehead atoms. The number of hydrogen-bond donors (Lipinski definition) is 1. The third-order valence-electron chi connectivity index (χ3n) is 3.52. The largest absolute Gasteiger partial charge is 0.487 e. The van der Waals surface area contributed by atoms with Crippen molar-refractivity contribution >= 4 is 0 Å². The molecule has 0 aliphatic carbocycles. The molecular weight excluding hydrogens is 262 g/mol. The molecule has 0 amide bonds. The molecule has 0 aliphatic rings. The summed E-state index contributed by atoms with van der Waals surface area (Å²) < 4.78 is 7.97. The van der Waals surface area contributed by atoms with Crippen LogP contribution in [0.1, 0.15) is 36.2 Å². The Labute approximate surface area is 127 Å². The van der Waals surface area contributed by atoms with Gasteiger partial charge in [-0.15, -0.1) is 0 Å². The number of nitrogens with zero attached hydrogens (tertiary/aromatic N) is 2. The summed E-state index contributed by atoms with van der Waals surface area (Å²) in [5, 5.41) is 3.45. The van der Waals surface area contributed by atoms with E-state index in [4.69, 9.17) is 4.74 Å². The fraction of sp³-hybridized carbons (Fsp3) is 0.471. The van der Waals surface area contributed by atoms with Crippen LogP contribution in [0.15, 0.2) is 24.7 Å². The summed E-state index contributed by atoms with van der Waals surface area (Å²) in [5.41, 5.74) is 4.72. The molecule has 1 aromatic carbocycles. The molecule has 0 radical (unpaired) electrons. The summed E-state index contributed by atoms with van der Waals surface area (Å²) in [4.78, 5) is 4.11. The van der Waals surface area contributed by atoms with Crippen LogP contribution in [0.2, 0.25) is 0 Å². The Kier molecular flexibility index (Phi) is 5.02. The maximum Gasteiger partial charge on any atom is 0.130 e. The van der Waals surface area contributed by atoms with Crippen molar-refractivity contribution < 1.29 is 4.74 Å². The van der Waals surface area contributed by atoms with Crippen molar-refractivity contribution in [2.75, 3.05) is 0 Å². The van der Waals surface area contributed by atoms with Gasteiger partial charge in [-0.3, -0.25) is 0 Å². The number of rotatable bonds is 6. The summed E-state index contributed by atoms with van der Waals surface area (Å²) in [5.74, 6) is 0.976. The van der Waals surface area contributed by atoms with Crippen LogP contribution < -0.4 is 10.1 Å². The Bertz CT molecular complexity index is 579. The average Bonchev–Trinajstić information content (AvgIpc) is 2.81. The second-order valence-corrected chi connectivity index (χ2v) is 5.88. The molecule has 2 rings (SSSR count). The van der Waals surface area contributed by atoms with Crippen LogP contribution >= 0.6 is 0 Å². The first-order valence-corrected chi connectivity index (χ1v) is 7.39. The molecule has 0 spiro atoms. The van der Waals surface area contributed by atoms with Crippen molar-refractivity contribution in [3.05, 3.63) is 47.0 Å². The minimum Gasteiger partial charge on any atom is -0.487 e. The fourth-order valence-electron chi connectivity index (χ4n) is 2.36. The zero-order valence-corrected chi connectivity index (χ0v) is 13.6. The van der Waals surface area contributed by atoms with E-state index in [0.29, 0.717) is 12.6 Å². The van der Waals surface area contributed by atoms with Crippen molar-refractivity contribution in [2.45, 2.75) is 46.9 Å². The highest BCUT2D eigenvalue weighted by Gasteiger charge is 2.08. The first kappa shape index (κ1) is 15.6. The van der Waals surface area contributed by atoms with E-state index in [1.54, 1.807) is 6.33 Å². The summed E-state index contributed by atoms with van der Waals surface area (Å²) >= 11 is 0. The van der Waals surface area contributed by atoms with E-state index in [-0.39, 0.29) is 0 Å². The zero-order chi connectivity index (χ0) is 15.4. The first-order valence-electron chi connectivity index (χ1n) is 7.39. The molecule has 0 unspecified atom stereocenters. The number of hydrogen-bond acceptors (Lipinski definition) is 3. The Balaban J connectivity index is 2.08. The second kappa shape index (κ2) is 6.76. The normalized spacial score (nSPS) is 11.1. The molecule has 1 N–H and O–H groups in total. The topological polar surface area (TPSA) is 39.1 Å². The molecule has 21 heavy (non-hydrogen) atoms. The van der Waals surface area contributed by atoms with Crippen LogP contribution in [0.25, 0.3) is 0 Å². The van der Waals surface area contributed by atoms with Gasteiger partial charge in [0.05, 0.1) is 18.2 Å². The van der Waals surface area contributed by atoms with Gasteiger partial charge >= 0.3 is 0 Å². The van der Waals surface area contributed by atoms with Gasteiger partial charge in [-0.25, -0.2) is 4.98 Å². The molecule has 1 heterocycles. The molecule has 2 aromatic rings. The molecule has 0 saturated heterocycles. The van der Waals surface area contributed by atoms with Gasteiger partial charge in [0.2, 0.25) is 0 Å². The van der Waals surface area contributed by atoms with Gasteiger partial charge in [0.1, 0.15) is 12.4 Å². The summed E-state index contributed by atoms with van der Waals surface area (Å²) in [7, 11) is 1.98. The summed E-state index contributed by atoms with van der Waals surface area (Å²) in [6.07, 6.45) is 3.63. The van der Waals surface area contributed by atoms with Crippen LogP contribution in [0.4, 0.5) is 0 Å². The number of nitrogens with one attached hydrogen (secondary N) is 1. The van der Waals surface area contributed by atoms with E-state index >= 15 is 0 Å². The van der Waals surface area contributed by atoms with Crippen LogP contribution in [0.3, 0.4) is 0 Å². The van der Waals surface area contributed by atoms with Crippen molar-refractivity contribution in [3.8, 4) is 5.75 Å². The molecule has 4 nitrogen and oxygen atoms in total. The van der Waals surface area contributed by atoms with Crippen molar-refractivity contribution in [2.24, 2.45) is 7.05 Å². The zero-order valence-electron chi connectivity index (χ0n) is 13.6. The molecule has 1 aromatic heterocycles. The fourth-order valence-corrected chi connectivity index (χ4v) is 2.36. The van der Waals surface area contributed by atoms with Gasteiger partial charge in [0.25, 0.3) is 0 Å². The van der Waals surface area contributed by atoms with Crippen LogP contribution in [-0.4, -0.2) is 15.6 Å². The quantitative estimate of drug-likeness (QED) is 0.887. The number of imidazole rings is 1. The predicted molar refractivity (Wildman–Crippen MR) is 85.4 cm³/mol. The van der Waals surface area contributed by atoms with Crippen molar-refractivity contribution in [1.82, 2.24) is 14.9 Å². The van der Waals surface area contributed by atoms with Gasteiger partial charge in [-0.2, -0.15) is 0 Å². The van der Waals surface area contributed by atoms with Crippen LogP contribution in [-0.2, 0) is 20.2 Å². The van der Waals surface area contributed by atoms with E-state index in [1.165, 1.54) is 16.7 Å². The number of aryl methyl sites for hydroxylation is 3. The van der Waals surface area contributed by atoms with E-state index in [9.17, 15) is 0 Å². The summed E-state index contributed by atoms with van der Waals surface area (Å²) in [6, 6.07) is 4.88. The molecule has 0 fully saturated rings. The summed E-state index contributed by atoms with van der Waals surface area (Å²) in [6.45, 7) is 9.95.